The van der Waals surface area contributed by atoms with Gasteiger partial charge in [-0.2, -0.15) is 0 Å². The number of benzene rings is 2. The standard InChI is InChI=1S/C24H25ClN2O5/c1-31-18-8-5-16(6-9-18)21-22(26-11-3-4-15(13-26)14-28)24(30)27(23(21)29)17-7-10-20(32-2)19(25)12-17/h5-10,12,15,28H,3-4,11,13-14H2,1-2H3. The fraction of sp³-hybridized carbons (Fsp3) is 0.333. The first-order chi connectivity index (χ1) is 15.5. The Balaban J connectivity index is 1.80. The van der Waals surface area contributed by atoms with E-state index in [4.69, 9.17) is 21.1 Å². The highest BCUT2D eigenvalue weighted by Crippen LogP contribution is 2.38. The van der Waals surface area contributed by atoms with Crippen molar-refractivity contribution in [1.82, 2.24) is 4.90 Å². The highest BCUT2D eigenvalue weighted by molar-refractivity contribution is 6.45. The first-order valence-corrected chi connectivity index (χ1v) is 10.8. The van der Waals surface area contributed by atoms with Gasteiger partial charge in [0.2, 0.25) is 0 Å². The molecule has 168 valence electrons. The number of aliphatic hydroxyl groups is 1. The minimum absolute atomic E-state index is 0.0432. The highest BCUT2D eigenvalue weighted by Gasteiger charge is 2.43. The lowest BCUT2D eigenvalue weighted by Crippen LogP contribution is -2.40. The summed E-state index contributed by atoms with van der Waals surface area (Å²) in [5, 5.41) is 9.98. The normalized spacial score (nSPS) is 19.1. The molecule has 2 aliphatic heterocycles. The third-order valence-corrected chi connectivity index (χ3v) is 6.22. The summed E-state index contributed by atoms with van der Waals surface area (Å²) >= 11 is 6.27. The Morgan fingerprint density at radius 2 is 1.81 bits per heavy atom. The topological polar surface area (TPSA) is 79.3 Å². The van der Waals surface area contributed by atoms with E-state index in [1.807, 2.05) is 4.90 Å². The Labute approximate surface area is 191 Å². The molecule has 0 spiro atoms. The van der Waals surface area contributed by atoms with Gasteiger partial charge >= 0.3 is 0 Å². The minimum atomic E-state index is -0.414. The molecule has 0 aliphatic carbocycles. The quantitative estimate of drug-likeness (QED) is 0.671. The van der Waals surface area contributed by atoms with Crippen LogP contribution in [0.5, 0.6) is 11.5 Å². The van der Waals surface area contributed by atoms with Gasteiger partial charge in [-0.25, -0.2) is 4.90 Å². The molecule has 2 aliphatic rings. The van der Waals surface area contributed by atoms with Crippen molar-refractivity contribution < 1.29 is 24.2 Å². The van der Waals surface area contributed by atoms with E-state index in [0.717, 1.165) is 17.7 Å². The van der Waals surface area contributed by atoms with Crippen LogP contribution < -0.4 is 14.4 Å². The van der Waals surface area contributed by atoms with Gasteiger partial charge in [0.15, 0.2) is 0 Å². The van der Waals surface area contributed by atoms with Crippen LogP contribution in [-0.2, 0) is 9.59 Å². The fourth-order valence-electron chi connectivity index (χ4n) is 4.28. The van der Waals surface area contributed by atoms with E-state index >= 15 is 0 Å². The molecule has 1 N–H and O–H groups in total. The summed E-state index contributed by atoms with van der Waals surface area (Å²) in [5.74, 6) is 0.355. The molecule has 0 radical (unpaired) electrons. The molecular weight excluding hydrogens is 432 g/mol. The first kappa shape index (κ1) is 22.2. The number of piperidine rings is 1. The number of methoxy groups -OCH3 is 2. The zero-order valence-electron chi connectivity index (χ0n) is 18.0. The van der Waals surface area contributed by atoms with Crippen LogP contribution in [0.15, 0.2) is 48.2 Å². The molecule has 4 rings (SSSR count). The van der Waals surface area contributed by atoms with Gasteiger partial charge in [-0.05, 0) is 54.7 Å². The number of hydrogen-bond donors (Lipinski definition) is 1. The van der Waals surface area contributed by atoms with E-state index in [1.165, 1.54) is 7.11 Å². The second kappa shape index (κ2) is 9.22. The molecule has 8 heteroatoms. The van der Waals surface area contributed by atoms with Crippen molar-refractivity contribution in [2.45, 2.75) is 12.8 Å². The lowest BCUT2D eigenvalue weighted by atomic mass is 9.97. The highest BCUT2D eigenvalue weighted by atomic mass is 35.5. The maximum Gasteiger partial charge on any atom is 0.282 e. The van der Waals surface area contributed by atoms with Crippen LogP contribution >= 0.6 is 11.6 Å². The number of carbonyl (C=O) groups excluding carboxylic acids is 2. The Kier molecular flexibility index (Phi) is 6.39. The third kappa shape index (κ3) is 3.94. The number of carbonyl (C=O) groups is 2. The largest absolute Gasteiger partial charge is 0.497 e. The van der Waals surface area contributed by atoms with Gasteiger partial charge in [0, 0.05) is 19.7 Å². The second-order valence-corrected chi connectivity index (χ2v) is 8.26. The van der Waals surface area contributed by atoms with E-state index < -0.39 is 11.8 Å². The number of halogens is 1. The molecule has 0 bridgehead atoms. The summed E-state index contributed by atoms with van der Waals surface area (Å²) in [4.78, 5) is 30.3. The zero-order chi connectivity index (χ0) is 22.8. The molecular formula is C24H25ClN2O5. The maximum atomic E-state index is 13.6. The predicted octanol–water partition coefficient (Wildman–Crippen LogP) is 3.35. The fourth-order valence-corrected chi connectivity index (χ4v) is 4.53. The smallest absolute Gasteiger partial charge is 0.282 e. The molecule has 2 aromatic carbocycles. The van der Waals surface area contributed by atoms with Crippen LogP contribution in [0.25, 0.3) is 5.57 Å². The van der Waals surface area contributed by atoms with Crippen molar-refractivity contribution in [3.63, 3.8) is 0 Å². The van der Waals surface area contributed by atoms with Crippen molar-refractivity contribution in [3.8, 4) is 11.5 Å². The van der Waals surface area contributed by atoms with Gasteiger partial charge in [0.05, 0.1) is 30.5 Å². The van der Waals surface area contributed by atoms with Crippen LogP contribution in [0, 0.1) is 5.92 Å². The number of rotatable bonds is 6. The number of hydrogen-bond acceptors (Lipinski definition) is 6. The van der Waals surface area contributed by atoms with Gasteiger partial charge < -0.3 is 19.5 Å². The van der Waals surface area contributed by atoms with Gasteiger partial charge in [-0.1, -0.05) is 23.7 Å². The van der Waals surface area contributed by atoms with Crippen molar-refractivity contribution in [1.29, 1.82) is 0 Å². The summed E-state index contributed by atoms with van der Waals surface area (Å²) < 4.78 is 10.4. The number of ether oxygens (including phenoxy) is 2. The van der Waals surface area contributed by atoms with E-state index in [0.29, 0.717) is 52.1 Å². The number of imide groups is 1. The van der Waals surface area contributed by atoms with Crippen molar-refractivity contribution in [2.24, 2.45) is 5.92 Å². The monoisotopic (exact) mass is 456 g/mol. The minimum Gasteiger partial charge on any atom is -0.497 e. The van der Waals surface area contributed by atoms with Gasteiger partial charge in [-0.15, -0.1) is 0 Å². The molecule has 2 amide bonds. The maximum absolute atomic E-state index is 13.6. The van der Waals surface area contributed by atoms with E-state index in [2.05, 4.69) is 0 Å². The Morgan fingerprint density at radius 3 is 2.44 bits per heavy atom. The molecule has 1 fully saturated rings. The summed E-state index contributed by atoms with van der Waals surface area (Å²) in [5.41, 5.74) is 1.70. The average molecular weight is 457 g/mol. The first-order valence-electron chi connectivity index (χ1n) is 10.4. The Hall–Kier alpha value is -3.03. The molecule has 0 saturated carbocycles. The SMILES string of the molecule is COc1ccc(C2=C(N3CCCC(CO)C3)C(=O)N(c3ccc(OC)c(Cl)c3)C2=O)cc1. The number of nitrogens with zero attached hydrogens (tertiary/aromatic N) is 2. The lowest BCUT2D eigenvalue weighted by molar-refractivity contribution is -0.120. The van der Waals surface area contributed by atoms with E-state index in [9.17, 15) is 14.7 Å². The summed E-state index contributed by atoms with van der Waals surface area (Å²) in [7, 11) is 3.07. The van der Waals surface area contributed by atoms with E-state index in [1.54, 1.807) is 49.6 Å². The van der Waals surface area contributed by atoms with Crippen LogP contribution in [-0.4, -0.2) is 55.7 Å². The Morgan fingerprint density at radius 1 is 1.06 bits per heavy atom. The molecule has 1 saturated heterocycles. The predicted molar refractivity (Wildman–Crippen MR) is 122 cm³/mol. The summed E-state index contributed by atoms with van der Waals surface area (Å²) in [6.45, 7) is 1.20. The molecule has 2 aromatic rings. The van der Waals surface area contributed by atoms with Crippen LogP contribution in [0.1, 0.15) is 18.4 Å². The van der Waals surface area contributed by atoms with Crippen molar-refractivity contribution in [3.05, 3.63) is 58.7 Å². The molecule has 2 heterocycles. The van der Waals surface area contributed by atoms with Gasteiger partial charge in [0.25, 0.3) is 11.8 Å². The number of anilines is 1. The lowest BCUT2D eigenvalue weighted by Gasteiger charge is -2.34. The third-order valence-electron chi connectivity index (χ3n) is 5.93. The molecule has 0 aromatic heterocycles. The summed E-state index contributed by atoms with van der Waals surface area (Å²) in [6, 6.07) is 11.9. The van der Waals surface area contributed by atoms with Crippen molar-refractivity contribution in [2.75, 3.05) is 38.8 Å². The van der Waals surface area contributed by atoms with Crippen LogP contribution in [0.2, 0.25) is 5.02 Å². The average Bonchev–Trinajstić information content (AvgIpc) is 3.08. The summed E-state index contributed by atoms with van der Waals surface area (Å²) in [6.07, 6.45) is 1.72. The van der Waals surface area contributed by atoms with E-state index in [-0.39, 0.29) is 12.5 Å². The van der Waals surface area contributed by atoms with Crippen LogP contribution in [0.4, 0.5) is 5.69 Å². The molecule has 7 nitrogen and oxygen atoms in total. The number of aliphatic hydroxyl groups excluding tert-OH is 1. The van der Waals surface area contributed by atoms with Gasteiger partial charge in [-0.3, -0.25) is 9.59 Å². The van der Waals surface area contributed by atoms with Crippen LogP contribution in [0.3, 0.4) is 0 Å². The zero-order valence-corrected chi connectivity index (χ0v) is 18.8. The molecule has 1 atom stereocenters. The molecule has 1 unspecified atom stereocenters. The number of likely N-dealkylation sites (tertiary alicyclic amines) is 1. The molecule has 32 heavy (non-hydrogen) atoms. The van der Waals surface area contributed by atoms with Crippen molar-refractivity contribution >= 4 is 34.7 Å². The number of amides is 2. The van der Waals surface area contributed by atoms with Gasteiger partial charge in [0.1, 0.15) is 17.2 Å². The second-order valence-electron chi connectivity index (χ2n) is 7.85. The Bertz CT molecular complexity index is 1070.